The minimum atomic E-state index is -1.14. The molecule has 166 valence electrons. The first-order chi connectivity index (χ1) is 14.6. The van der Waals surface area contributed by atoms with Crippen LogP contribution in [0.2, 0.25) is 0 Å². The summed E-state index contributed by atoms with van der Waals surface area (Å²) in [5, 5.41) is 40.7. The van der Waals surface area contributed by atoms with Crippen LogP contribution in [-0.2, 0) is 6.42 Å². The number of hydrogen-bond donors (Lipinski definition) is 4. The van der Waals surface area contributed by atoms with E-state index in [-0.39, 0.29) is 11.5 Å². The van der Waals surface area contributed by atoms with Gasteiger partial charge in [0.05, 0.1) is 18.8 Å². The number of methoxy groups -OCH3 is 1. The van der Waals surface area contributed by atoms with Gasteiger partial charge in [-0.05, 0) is 64.3 Å². The van der Waals surface area contributed by atoms with Gasteiger partial charge in [-0.25, -0.2) is 0 Å². The van der Waals surface area contributed by atoms with E-state index < -0.39 is 11.7 Å². The first-order valence-electron chi connectivity index (χ1n) is 10.3. The predicted octanol–water partition coefficient (Wildman–Crippen LogP) is 4.92. The van der Waals surface area contributed by atoms with Crippen molar-refractivity contribution in [3.8, 4) is 28.6 Å². The number of aromatic hydroxyl groups is 2. The quantitative estimate of drug-likeness (QED) is 0.381. The van der Waals surface area contributed by atoms with Gasteiger partial charge < -0.3 is 29.6 Å². The van der Waals surface area contributed by atoms with Crippen molar-refractivity contribution >= 4 is 11.0 Å². The second kappa shape index (κ2) is 9.04. The van der Waals surface area contributed by atoms with E-state index in [0.717, 1.165) is 16.5 Å². The summed E-state index contributed by atoms with van der Waals surface area (Å²) in [7, 11) is 1.55. The standard InChI is InChI=1S/C25H30O6/c1-15(6-10-24(28)25(2,3)29)5-9-19-20(12-18(27)14-22(19)30-4)23-11-16-7-8-17(26)13-21(16)31-23/h5,7-8,11-14,24,26-29H,6,9-10H2,1-4H3/b15-5+. The van der Waals surface area contributed by atoms with Crippen LogP contribution in [0.3, 0.4) is 0 Å². The lowest BCUT2D eigenvalue weighted by Gasteiger charge is -2.24. The lowest BCUT2D eigenvalue weighted by Crippen LogP contribution is -2.35. The van der Waals surface area contributed by atoms with Crippen molar-refractivity contribution in [2.45, 2.75) is 51.7 Å². The zero-order valence-electron chi connectivity index (χ0n) is 18.3. The van der Waals surface area contributed by atoms with Gasteiger partial charge in [-0.15, -0.1) is 0 Å². The Hall–Kier alpha value is -2.96. The van der Waals surface area contributed by atoms with Gasteiger partial charge in [0.15, 0.2) is 0 Å². The van der Waals surface area contributed by atoms with E-state index in [4.69, 9.17) is 9.15 Å². The highest BCUT2D eigenvalue weighted by Crippen LogP contribution is 2.38. The summed E-state index contributed by atoms with van der Waals surface area (Å²) < 4.78 is 11.5. The second-order valence-corrected chi connectivity index (χ2v) is 8.47. The van der Waals surface area contributed by atoms with Gasteiger partial charge in [-0.3, -0.25) is 0 Å². The summed E-state index contributed by atoms with van der Waals surface area (Å²) in [6.07, 6.45) is 2.88. The minimum absolute atomic E-state index is 0.0629. The molecule has 0 spiro atoms. The molecule has 0 amide bonds. The Bertz CT molecular complexity index is 1090. The van der Waals surface area contributed by atoms with Crippen molar-refractivity contribution in [2.75, 3.05) is 7.11 Å². The largest absolute Gasteiger partial charge is 0.508 e. The maximum atomic E-state index is 10.2. The number of phenolic OH excluding ortho intramolecular Hbond substituents is 2. The Morgan fingerprint density at radius 3 is 2.55 bits per heavy atom. The Balaban J connectivity index is 1.92. The van der Waals surface area contributed by atoms with Crippen molar-refractivity contribution < 1.29 is 29.6 Å². The van der Waals surface area contributed by atoms with Crippen molar-refractivity contribution in [1.82, 2.24) is 0 Å². The highest BCUT2D eigenvalue weighted by atomic mass is 16.5. The molecule has 6 heteroatoms. The summed E-state index contributed by atoms with van der Waals surface area (Å²) in [6.45, 7) is 5.17. The molecule has 0 saturated carbocycles. The number of rotatable bonds is 8. The molecule has 1 aromatic heterocycles. The number of fused-ring (bicyclic) bond motifs is 1. The molecule has 0 radical (unpaired) electrons. The number of aliphatic hydroxyl groups is 2. The average molecular weight is 427 g/mol. The van der Waals surface area contributed by atoms with Crippen molar-refractivity contribution in [3.05, 3.63) is 53.6 Å². The minimum Gasteiger partial charge on any atom is -0.508 e. The lowest BCUT2D eigenvalue weighted by atomic mass is 9.94. The van der Waals surface area contributed by atoms with E-state index in [1.54, 1.807) is 51.3 Å². The molecule has 0 aliphatic rings. The molecule has 0 aliphatic carbocycles. The summed E-state index contributed by atoms with van der Waals surface area (Å²) in [6, 6.07) is 9.99. The van der Waals surface area contributed by atoms with Crippen LogP contribution in [0.15, 0.2) is 52.5 Å². The van der Waals surface area contributed by atoms with Crippen LogP contribution < -0.4 is 4.74 Å². The van der Waals surface area contributed by atoms with E-state index in [0.29, 0.717) is 41.9 Å². The van der Waals surface area contributed by atoms with Crippen LogP contribution in [0, 0.1) is 0 Å². The van der Waals surface area contributed by atoms with Gasteiger partial charge in [-0.1, -0.05) is 11.6 Å². The first-order valence-corrected chi connectivity index (χ1v) is 10.3. The highest BCUT2D eigenvalue weighted by Gasteiger charge is 2.23. The second-order valence-electron chi connectivity index (χ2n) is 8.47. The third-order valence-electron chi connectivity index (χ3n) is 5.47. The zero-order valence-corrected chi connectivity index (χ0v) is 18.3. The maximum absolute atomic E-state index is 10.2. The molecule has 0 bridgehead atoms. The number of aliphatic hydroxyl groups excluding tert-OH is 1. The summed E-state index contributed by atoms with van der Waals surface area (Å²) in [4.78, 5) is 0. The van der Waals surface area contributed by atoms with E-state index in [2.05, 4.69) is 0 Å². The number of ether oxygens (including phenoxy) is 1. The molecule has 1 atom stereocenters. The predicted molar refractivity (Wildman–Crippen MR) is 121 cm³/mol. The molecule has 31 heavy (non-hydrogen) atoms. The molecule has 6 nitrogen and oxygen atoms in total. The van der Waals surface area contributed by atoms with Crippen molar-refractivity contribution in [2.24, 2.45) is 0 Å². The smallest absolute Gasteiger partial charge is 0.138 e. The van der Waals surface area contributed by atoms with E-state index >= 15 is 0 Å². The molecule has 2 aromatic carbocycles. The van der Waals surface area contributed by atoms with Gasteiger partial charge in [0, 0.05) is 28.6 Å². The fourth-order valence-electron chi connectivity index (χ4n) is 3.49. The van der Waals surface area contributed by atoms with Crippen molar-refractivity contribution in [3.63, 3.8) is 0 Å². The van der Waals surface area contributed by atoms with Crippen LogP contribution in [0.25, 0.3) is 22.3 Å². The monoisotopic (exact) mass is 426 g/mol. The molecule has 1 unspecified atom stereocenters. The number of furan rings is 1. The van der Waals surface area contributed by atoms with Gasteiger partial charge in [-0.2, -0.15) is 0 Å². The fraction of sp³-hybridized carbons (Fsp3) is 0.360. The average Bonchev–Trinajstić information content (AvgIpc) is 3.12. The van der Waals surface area contributed by atoms with Crippen LogP contribution in [-0.4, -0.2) is 39.2 Å². The fourth-order valence-corrected chi connectivity index (χ4v) is 3.49. The molecule has 4 N–H and O–H groups in total. The normalized spacial score (nSPS) is 13.5. The Morgan fingerprint density at radius 1 is 1.13 bits per heavy atom. The number of hydrogen-bond acceptors (Lipinski definition) is 6. The number of phenols is 2. The van der Waals surface area contributed by atoms with E-state index in [9.17, 15) is 20.4 Å². The Kier molecular flexibility index (Phi) is 6.62. The van der Waals surface area contributed by atoms with E-state index in [1.165, 1.54) is 0 Å². The molecule has 0 saturated heterocycles. The van der Waals surface area contributed by atoms with Crippen LogP contribution >= 0.6 is 0 Å². The van der Waals surface area contributed by atoms with Crippen LogP contribution in [0.5, 0.6) is 17.2 Å². The summed E-state index contributed by atoms with van der Waals surface area (Å²) in [5.74, 6) is 1.29. The van der Waals surface area contributed by atoms with Gasteiger partial charge in [0.1, 0.15) is 28.6 Å². The van der Waals surface area contributed by atoms with Gasteiger partial charge >= 0.3 is 0 Å². The lowest BCUT2D eigenvalue weighted by molar-refractivity contribution is -0.0509. The molecule has 1 heterocycles. The zero-order chi connectivity index (χ0) is 22.8. The molecule has 3 aromatic rings. The van der Waals surface area contributed by atoms with E-state index in [1.807, 2.05) is 19.1 Å². The number of allylic oxidation sites excluding steroid dienone is 2. The Labute approximate surface area is 182 Å². The van der Waals surface area contributed by atoms with Crippen molar-refractivity contribution in [1.29, 1.82) is 0 Å². The first kappa shape index (κ1) is 22.7. The van der Waals surface area contributed by atoms with Gasteiger partial charge in [0.25, 0.3) is 0 Å². The SMILES string of the molecule is COc1cc(O)cc(-c2cc3ccc(O)cc3o2)c1C/C=C(\C)CCC(O)C(C)(C)O. The molecule has 0 fully saturated rings. The highest BCUT2D eigenvalue weighted by molar-refractivity contribution is 5.85. The topological polar surface area (TPSA) is 103 Å². The molecular weight excluding hydrogens is 396 g/mol. The molecule has 0 aliphatic heterocycles. The van der Waals surface area contributed by atoms with Gasteiger partial charge in [0.2, 0.25) is 0 Å². The third kappa shape index (κ3) is 5.40. The van der Waals surface area contributed by atoms with Crippen LogP contribution in [0.1, 0.15) is 39.2 Å². The number of benzene rings is 2. The summed E-state index contributed by atoms with van der Waals surface area (Å²) >= 11 is 0. The third-order valence-corrected chi connectivity index (χ3v) is 5.47. The summed E-state index contributed by atoms with van der Waals surface area (Å²) in [5.41, 5.74) is 2.04. The Morgan fingerprint density at radius 2 is 1.87 bits per heavy atom. The maximum Gasteiger partial charge on any atom is 0.138 e. The molecular formula is C25H30O6. The van der Waals surface area contributed by atoms with Crippen LogP contribution in [0.4, 0.5) is 0 Å². The molecule has 3 rings (SSSR count).